The summed E-state index contributed by atoms with van der Waals surface area (Å²) in [6.07, 6.45) is 0. The van der Waals surface area contributed by atoms with Gasteiger partial charge in [0.2, 0.25) is 5.36 Å². The van der Waals surface area contributed by atoms with E-state index >= 15 is 0 Å². The van der Waals surface area contributed by atoms with Crippen molar-refractivity contribution in [3.63, 3.8) is 0 Å². The molecule has 8 aromatic rings. The number of aromatic nitrogens is 4. The van der Waals surface area contributed by atoms with Crippen molar-refractivity contribution in [2.75, 3.05) is 25.0 Å². The number of fused-ring (bicyclic) bond motifs is 2. The maximum atomic E-state index is 12.9. The number of para-hydroxylation sites is 2. The Labute approximate surface area is 486 Å². The molecule has 22 heteroatoms. The minimum atomic E-state index is -1.36. The summed E-state index contributed by atoms with van der Waals surface area (Å²) in [6, 6.07) is 42.9. The number of nitro benzene ring substituents is 1. The van der Waals surface area contributed by atoms with Crippen molar-refractivity contribution >= 4 is 57.0 Å². The minimum Gasteiger partial charge on any atom is -0.871 e. The molecule has 0 saturated heterocycles. The van der Waals surface area contributed by atoms with Crippen LogP contribution in [0.4, 0.5) is 34.1 Å². The Morgan fingerprint density at radius 3 is 1.80 bits per heavy atom. The Bertz CT molecular complexity index is 4080. The molecular formula is C61H54CrN11O10. The van der Waals surface area contributed by atoms with Crippen LogP contribution in [0.3, 0.4) is 0 Å². The average Bonchev–Trinajstić information content (AvgIpc) is 3.93. The van der Waals surface area contributed by atoms with Gasteiger partial charge in [0.05, 0.1) is 63.3 Å². The molecule has 0 fully saturated rings. The van der Waals surface area contributed by atoms with Crippen LogP contribution < -0.4 is 36.1 Å². The summed E-state index contributed by atoms with van der Waals surface area (Å²) in [5.41, 5.74) is 8.84. The largest absolute Gasteiger partial charge is 3.00 e. The zero-order chi connectivity index (χ0) is 58.6. The number of carboxylic acids is 1. The average molecular weight is 1150 g/mol. The van der Waals surface area contributed by atoms with Gasteiger partial charge in [0.25, 0.3) is 5.69 Å². The van der Waals surface area contributed by atoms with E-state index < -0.39 is 28.4 Å². The maximum absolute atomic E-state index is 12.9. The molecule has 0 bridgehead atoms. The Morgan fingerprint density at radius 1 is 0.663 bits per heavy atom. The topological polar surface area (TPSA) is 303 Å². The molecule has 2 aliphatic rings. The van der Waals surface area contributed by atoms with Crippen LogP contribution in [0.2, 0.25) is 0 Å². The number of non-ortho nitro benzene ring substituents is 1. The molecule has 1 radical (unpaired) electrons. The molecule has 21 nitrogen and oxygen atoms in total. The molecule has 3 heterocycles. The first kappa shape index (κ1) is 60.3. The molecule has 1 aliphatic heterocycles. The summed E-state index contributed by atoms with van der Waals surface area (Å²) in [5, 5.41) is 87.4. The molecule has 83 heavy (non-hydrogen) atoms. The Hall–Kier alpha value is -10.3. The molecule has 2 N–H and O–H groups in total. The molecule has 10 rings (SSSR count). The fraction of sp³-hybridized carbons (Fsp3) is 0.164. The Balaban J connectivity index is 0.000000181. The molecular weight excluding hydrogens is 1100 g/mol. The summed E-state index contributed by atoms with van der Waals surface area (Å²) in [7, 11) is 0. The number of hydrogen-bond donors (Lipinski definition) is 2. The van der Waals surface area contributed by atoms with Gasteiger partial charge < -0.3 is 39.7 Å². The predicted molar refractivity (Wildman–Crippen MR) is 300 cm³/mol. The number of aromatic carboxylic acids is 1. The first-order chi connectivity index (χ1) is 39.5. The van der Waals surface area contributed by atoms with Crippen molar-refractivity contribution in [2.45, 2.75) is 48.5 Å². The first-order valence-electron chi connectivity index (χ1n) is 25.9. The van der Waals surface area contributed by atoms with E-state index in [2.05, 4.69) is 92.9 Å². The van der Waals surface area contributed by atoms with Gasteiger partial charge in [-0.2, -0.15) is 15.3 Å². The fourth-order valence-electron chi connectivity index (χ4n) is 8.69. The van der Waals surface area contributed by atoms with Crippen molar-refractivity contribution < 1.29 is 66.4 Å². The number of aryl methyl sites for hydroxylation is 4. The van der Waals surface area contributed by atoms with E-state index in [1.54, 1.807) is 74.5 Å². The van der Waals surface area contributed by atoms with Crippen molar-refractivity contribution in [1.82, 2.24) is 19.6 Å². The number of anilines is 1. The molecule has 0 unspecified atom stereocenters. The van der Waals surface area contributed by atoms with Crippen LogP contribution in [-0.2, 0) is 22.1 Å². The smallest absolute Gasteiger partial charge is 0.871 e. The monoisotopic (exact) mass is 1150 g/mol. The molecule has 0 amide bonds. The van der Waals surface area contributed by atoms with Crippen molar-refractivity contribution in [3.8, 4) is 51.3 Å². The number of ether oxygens (including phenoxy) is 1. The fourth-order valence-corrected chi connectivity index (χ4v) is 8.69. The summed E-state index contributed by atoms with van der Waals surface area (Å²) in [6.45, 7) is 15.3. The number of nitrogens with zero attached hydrogens (tertiary/aromatic N) is 9. The van der Waals surface area contributed by atoms with Crippen LogP contribution in [0.25, 0.3) is 44.8 Å². The van der Waals surface area contributed by atoms with E-state index in [9.17, 15) is 40.1 Å². The van der Waals surface area contributed by atoms with Crippen LogP contribution >= 0.6 is 0 Å². The van der Waals surface area contributed by atoms with Crippen molar-refractivity contribution in [2.24, 2.45) is 20.5 Å². The van der Waals surface area contributed by atoms with Gasteiger partial charge in [0.1, 0.15) is 29.3 Å². The van der Waals surface area contributed by atoms with Gasteiger partial charge in [-0.15, -0.1) is 15.3 Å². The number of rotatable bonds is 14. The molecule has 1 aliphatic carbocycles. The molecule has 0 spiro atoms. The summed E-state index contributed by atoms with van der Waals surface area (Å²) in [4.78, 5) is 37.5. The number of nitrogens with one attached hydrogen (secondary N) is 2. The first-order valence-corrected chi connectivity index (χ1v) is 25.9. The number of nitro groups is 1. The number of esters is 1. The molecule has 0 saturated carbocycles. The third-order valence-electron chi connectivity index (χ3n) is 12.6. The third-order valence-corrected chi connectivity index (χ3v) is 12.6. The number of carbonyl (C=O) groups is 2. The number of carbonyl (C=O) groups excluding carboxylic acids is 2. The maximum Gasteiger partial charge on any atom is 3.00 e. The van der Waals surface area contributed by atoms with Crippen LogP contribution in [0.15, 0.2) is 177 Å². The van der Waals surface area contributed by atoms with Gasteiger partial charge in [-0.3, -0.25) is 10.1 Å². The van der Waals surface area contributed by atoms with Crippen molar-refractivity contribution in [3.05, 3.63) is 201 Å². The Morgan fingerprint density at radius 2 is 1.23 bits per heavy atom. The number of carboxylic acid groups (broad SMARTS) is 1. The standard InChI is InChI=1S/C28H30N2O3.C17H14N4O3.C16H13N5O4.Cr/c1-6-29-23-15-25-21(13-17(23)4)27(19-11-9-10-12-20(19)28(31)32-8-3)22-14-18(5)24(30-7-2)16-26(22)33-25;1-11-15(16(22)21(20-11)12-7-3-2-4-8-12)19-18-14-10-6-5-9-13(14)17(23)24;1-10-15(16(23)20(19-10)11-5-3-2-4-6-11)18-17-13-9-12(21(24)25)7-8-14(13)22;/h9-16,29H,6-8H2,1-5H3;2-10,22H,1H3,(H,23,24);2-9,22-23H,1H3;/q;;;+3/p-3. The Kier molecular flexibility index (Phi) is 19.8. The summed E-state index contributed by atoms with van der Waals surface area (Å²) < 4.78 is 14.2. The number of azo groups is 2. The number of benzene rings is 7. The van der Waals surface area contributed by atoms with Gasteiger partial charge >= 0.3 is 23.3 Å². The third kappa shape index (κ3) is 13.7. The van der Waals surface area contributed by atoms with E-state index in [-0.39, 0.29) is 57.3 Å². The van der Waals surface area contributed by atoms with Gasteiger partial charge in [-0.25, -0.2) is 19.2 Å². The SMILES string of the molecule is CCNc1cc2oc3cc(=[NH+]CC)c(C)cc-3c(-c3ccccc3C(=O)OCC)c2cc1C.Cc1nn(-c2ccccc2)c([O-])c1N=Nc1cc([N+](=O)[O-])ccc1[O-].Cc1nn(-c2ccccc2)c([O-])c1N=Nc1ccccc1C(=O)[O-].[Cr+3]. The van der Waals surface area contributed by atoms with Gasteiger partial charge in [-0.1, -0.05) is 84.6 Å². The minimum absolute atomic E-state index is 0. The molecule has 0 atom stereocenters. The normalized spacial score (nSPS) is 11.2. The van der Waals surface area contributed by atoms with Gasteiger partial charge in [0, 0.05) is 69.8 Å². The molecule has 419 valence electrons. The summed E-state index contributed by atoms with van der Waals surface area (Å²) in [5.74, 6) is -2.36. The second-order valence-corrected chi connectivity index (χ2v) is 18.2. The zero-order valence-corrected chi connectivity index (χ0v) is 47.3. The van der Waals surface area contributed by atoms with Crippen LogP contribution in [0.1, 0.15) is 64.0 Å². The molecule has 2 aromatic heterocycles. The van der Waals surface area contributed by atoms with Gasteiger partial charge in [-0.05, 0) is 108 Å². The van der Waals surface area contributed by atoms with Crippen LogP contribution in [-0.4, -0.2) is 56.1 Å². The van der Waals surface area contributed by atoms with E-state index in [0.717, 1.165) is 86.9 Å². The quantitative estimate of drug-likeness (QED) is 0.0338. The van der Waals surface area contributed by atoms with Crippen LogP contribution in [0.5, 0.6) is 17.5 Å². The number of hydrogen-bond acceptors (Lipinski definition) is 17. The predicted octanol–water partition coefficient (Wildman–Crippen LogP) is 9.11. The van der Waals surface area contributed by atoms with Crippen molar-refractivity contribution in [1.29, 1.82) is 0 Å². The van der Waals surface area contributed by atoms with Gasteiger partial charge in [0.15, 0.2) is 0 Å². The summed E-state index contributed by atoms with van der Waals surface area (Å²) >= 11 is 0. The van der Waals surface area contributed by atoms with E-state index in [1.165, 1.54) is 21.5 Å². The second-order valence-electron chi connectivity index (χ2n) is 18.2. The van der Waals surface area contributed by atoms with E-state index in [0.29, 0.717) is 34.9 Å². The molecule has 6 aromatic carbocycles. The van der Waals surface area contributed by atoms with E-state index in [4.69, 9.17) is 9.15 Å². The zero-order valence-electron chi connectivity index (χ0n) is 46.1. The van der Waals surface area contributed by atoms with E-state index in [1.807, 2.05) is 43.3 Å². The second kappa shape index (κ2) is 27.2. The van der Waals surface area contributed by atoms with Crippen LogP contribution in [0, 0.1) is 37.8 Å².